The molecule has 0 radical (unpaired) electrons. The van der Waals surface area contributed by atoms with E-state index in [9.17, 15) is 4.79 Å². The van der Waals surface area contributed by atoms with Crippen LogP contribution in [0.1, 0.15) is 5.56 Å². The van der Waals surface area contributed by atoms with Crippen molar-refractivity contribution in [3.63, 3.8) is 0 Å². The molecule has 1 aliphatic rings. The van der Waals surface area contributed by atoms with Gasteiger partial charge in [0, 0.05) is 5.56 Å². The molecule has 0 amide bonds. The molecule has 15 heavy (non-hydrogen) atoms. The van der Waals surface area contributed by atoms with Gasteiger partial charge in [0.1, 0.15) is 5.71 Å². The maximum atomic E-state index is 10.8. The van der Waals surface area contributed by atoms with Crippen LogP contribution < -0.4 is 0 Å². The molecule has 1 aromatic carbocycles. The first-order valence-electron chi connectivity index (χ1n) is 4.53. The fourth-order valence-corrected chi connectivity index (χ4v) is 1.32. The lowest BCUT2D eigenvalue weighted by Gasteiger charge is -2.03. The van der Waals surface area contributed by atoms with Gasteiger partial charge in [0.2, 0.25) is 0 Å². The number of rotatable bonds is 1. The average molecular weight is 199 g/mol. The molecule has 0 saturated carbocycles. The Hall–Kier alpha value is -2.16. The summed E-state index contributed by atoms with van der Waals surface area (Å²) in [5.74, 6) is -1.02. The number of carbonyl (C=O) groups is 1. The Morgan fingerprint density at radius 1 is 1.13 bits per heavy atom. The molecule has 0 aliphatic carbocycles. The Balaban J connectivity index is 2.56. The number of hydrogen-bond donors (Lipinski definition) is 1. The topological polar surface area (TPSA) is 49.7 Å². The number of hydrogen-bond acceptors (Lipinski definition) is 2. The van der Waals surface area contributed by atoms with Crippen molar-refractivity contribution in [2.45, 2.75) is 0 Å². The third-order valence-corrected chi connectivity index (χ3v) is 2.04. The molecule has 1 N–H and O–H groups in total. The fraction of sp³-hybridized carbons (Fsp3) is 0. The summed E-state index contributed by atoms with van der Waals surface area (Å²) in [6, 6.07) is 7.42. The number of para-hydroxylation sites is 1. The third kappa shape index (κ3) is 2.02. The first kappa shape index (κ1) is 9.40. The fourth-order valence-electron chi connectivity index (χ4n) is 1.32. The van der Waals surface area contributed by atoms with Crippen LogP contribution in [0.15, 0.2) is 47.5 Å². The van der Waals surface area contributed by atoms with Crippen LogP contribution in [0.4, 0.5) is 5.69 Å². The Kier molecular flexibility index (Phi) is 2.46. The van der Waals surface area contributed by atoms with Gasteiger partial charge in [0.25, 0.3) is 0 Å². The van der Waals surface area contributed by atoms with Gasteiger partial charge in [0.15, 0.2) is 0 Å². The van der Waals surface area contributed by atoms with Crippen molar-refractivity contribution >= 4 is 23.4 Å². The highest BCUT2D eigenvalue weighted by atomic mass is 16.4. The van der Waals surface area contributed by atoms with E-state index in [0.29, 0.717) is 5.69 Å². The van der Waals surface area contributed by atoms with Gasteiger partial charge in [-0.1, -0.05) is 36.4 Å². The number of aliphatic imine (C=N–C) groups is 1. The van der Waals surface area contributed by atoms with Gasteiger partial charge < -0.3 is 5.11 Å². The van der Waals surface area contributed by atoms with Crippen LogP contribution in [0, 0.1) is 0 Å². The summed E-state index contributed by atoms with van der Waals surface area (Å²) < 4.78 is 0. The molecule has 74 valence electrons. The summed E-state index contributed by atoms with van der Waals surface area (Å²) in [6.07, 6.45) is 6.85. The predicted molar refractivity (Wildman–Crippen MR) is 59.3 cm³/mol. The molecule has 1 aromatic rings. The van der Waals surface area contributed by atoms with E-state index in [0.717, 1.165) is 5.56 Å². The van der Waals surface area contributed by atoms with Crippen molar-refractivity contribution in [2.75, 3.05) is 0 Å². The van der Waals surface area contributed by atoms with Crippen LogP contribution in [0.25, 0.3) is 6.08 Å². The van der Waals surface area contributed by atoms with Crippen LogP contribution in [-0.2, 0) is 4.79 Å². The minimum Gasteiger partial charge on any atom is -0.477 e. The highest BCUT2D eigenvalue weighted by Gasteiger charge is 2.07. The number of allylic oxidation sites excluding steroid dienone is 2. The van der Waals surface area contributed by atoms with Crippen molar-refractivity contribution in [2.24, 2.45) is 4.99 Å². The molecule has 1 aliphatic heterocycles. The average Bonchev–Trinajstić information content (AvgIpc) is 2.18. The van der Waals surface area contributed by atoms with Crippen LogP contribution in [0.2, 0.25) is 0 Å². The monoisotopic (exact) mass is 199 g/mol. The van der Waals surface area contributed by atoms with Crippen LogP contribution >= 0.6 is 0 Å². The summed E-state index contributed by atoms with van der Waals surface area (Å²) in [5, 5.41) is 8.87. The zero-order valence-corrected chi connectivity index (χ0v) is 7.92. The van der Waals surface area contributed by atoms with Crippen molar-refractivity contribution in [3.05, 3.63) is 48.1 Å². The summed E-state index contributed by atoms with van der Waals surface area (Å²) in [4.78, 5) is 14.9. The van der Waals surface area contributed by atoms with Gasteiger partial charge in [-0.05, 0) is 12.1 Å². The summed E-state index contributed by atoms with van der Waals surface area (Å²) in [5.41, 5.74) is 1.64. The highest BCUT2D eigenvalue weighted by molar-refractivity contribution is 6.41. The third-order valence-electron chi connectivity index (χ3n) is 2.04. The second-order valence-electron chi connectivity index (χ2n) is 3.08. The molecule has 0 saturated heterocycles. The second-order valence-corrected chi connectivity index (χ2v) is 3.08. The largest absolute Gasteiger partial charge is 0.477 e. The SMILES string of the molecule is O=C(O)C1=N/c2ccccc2/C=C/C=C\1. The molecule has 1 heterocycles. The number of aliphatic carboxylic acids is 1. The standard InChI is InChI=1S/C12H9NO2/c14-12(15)11-8-4-2-6-9-5-1-3-7-10(9)13-11/h1-8H,(H,14,15)/b4-2?,6-2+,8-4-,9-6?,11-8?,13-10?,13-11+. The molecule has 0 spiro atoms. The van der Waals surface area contributed by atoms with Gasteiger partial charge in [0.05, 0.1) is 5.69 Å². The van der Waals surface area contributed by atoms with Gasteiger partial charge >= 0.3 is 5.97 Å². The number of fused-ring (bicyclic) bond motifs is 1. The Labute approximate surface area is 87.1 Å². The summed E-state index contributed by atoms with van der Waals surface area (Å²) >= 11 is 0. The van der Waals surface area contributed by atoms with Crippen molar-refractivity contribution in [3.8, 4) is 0 Å². The quantitative estimate of drug-likeness (QED) is 0.755. The van der Waals surface area contributed by atoms with Crippen LogP contribution in [-0.4, -0.2) is 16.8 Å². The molecule has 0 bridgehead atoms. The zero-order valence-electron chi connectivity index (χ0n) is 7.92. The van der Waals surface area contributed by atoms with E-state index in [1.165, 1.54) is 6.08 Å². The van der Waals surface area contributed by atoms with Crippen LogP contribution in [0.3, 0.4) is 0 Å². The molecule has 0 fully saturated rings. The number of carboxylic acids is 1. The van der Waals surface area contributed by atoms with E-state index in [1.807, 2.05) is 24.3 Å². The molecule has 0 unspecified atom stereocenters. The number of benzene rings is 1. The first-order valence-corrected chi connectivity index (χ1v) is 4.53. The van der Waals surface area contributed by atoms with Crippen molar-refractivity contribution < 1.29 is 9.90 Å². The molecular weight excluding hydrogens is 190 g/mol. The van der Waals surface area contributed by atoms with E-state index >= 15 is 0 Å². The maximum absolute atomic E-state index is 10.8. The molecule has 3 nitrogen and oxygen atoms in total. The van der Waals surface area contributed by atoms with Gasteiger partial charge in [-0.25, -0.2) is 9.79 Å². The maximum Gasteiger partial charge on any atom is 0.354 e. The van der Waals surface area contributed by atoms with Gasteiger partial charge in [-0.15, -0.1) is 0 Å². The summed E-state index contributed by atoms with van der Waals surface area (Å²) in [7, 11) is 0. The van der Waals surface area contributed by atoms with Crippen molar-refractivity contribution in [1.82, 2.24) is 0 Å². The zero-order chi connectivity index (χ0) is 10.7. The molecule has 0 atom stereocenters. The van der Waals surface area contributed by atoms with Crippen LogP contribution in [0.5, 0.6) is 0 Å². The van der Waals surface area contributed by atoms with E-state index < -0.39 is 5.97 Å². The lowest BCUT2D eigenvalue weighted by atomic mass is 10.1. The highest BCUT2D eigenvalue weighted by Crippen LogP contribution is 2.21. The minimum atomic E-state index is -1.02. The Morgan fingerprint density at radius 2 is 1.87 bits per heavy atom. The molecular formula is C12H9NO2. The number of carboxylic acid groups (broad SMARTS) is 1. The minimum absolute atomic E-state index is 0.0480. The Morgan fingerprint density at radius 3 is 2.67 bits per heavy atom. The molecule has 2 rings (SSSR count). The lowest BCUT2D eigenvalue weighted by molar-refractivity contribution is -0.129. The Bertz CT molecular complexity index is 484. The molecule has 3 heteroatoms. The smallest absolute Gasteiger partial charge is 0.354 e. The molecule has 0 aromatic heterocycles. The van der Waals surface area contributed by atoms with Gasteiger partial charge in [-0.3, -0.25) is 0 Å². The second kappa shape index (κ2) is 3.92. The van der Waals surface area contributed by atoms with Crippen molar-refractivity contribution in [1.29, 1.82) is 0 Å². The normalized spacial score (nSPS) is 21.5. The first-order chi connectivity index (χ1) is 7.27. The summed E-state index contributed by atoms with van der Waals surface area (Å²) in [6.45, 7) is 0. The van der Waals surface area contributed by atoms with Gasteiger partial charge in [-0.2, -0.15) is 0 Å². The van der Waals surface area contributed by atoms with E-state index in [1.54, 1.807) is 18.2 Å². The van der Waals surface area contributed by atoms with E-state index in [2.05, 4.69) is 4.99 Å². The lowest BCUT2D eigenvalue weighted by Crippen LogP contribution is -2.09. The van der Waals surface area contributed by atoms with E-state index in [-0.39, 0.29) is 5.71 Å². The number of nitrogens with zero attached hydrogens (tertiary/aromatic N) is 1. The predicted octanol–water partition coefficient (Wildman–Crippen LogP) is 2.43. The van der Waals surface area contributed by atoms with E-state index in [4.69, 9.17) is 5.11 Å².